The van der Waals surface area contributed by atoms with Gasteiger partial charge in [-0.2, -0.15) is 0 Å². The maximum atomic E-state index is 16.2. The molecule has 0 spiro atoms. The van der Waals surface area contributed by atoms with Gasteiger partial charge in [-0.25, -0.2) is 14.0 Å². The predicted octanol–water partition coefficient (Wildman–Crippen LogP) is 8.70. The molecule has 2 atom stereocenters. The topological polar surface area (TPSA) is 114 Å². The maximum absolute atomic E-state index is 16.2. The monoisotopic (exact) mass is 674 g/mol. The number of para-hydroxylation sites is 1. The van der Waals surface area contributed by atoms with Gasteiger partial charge in [-0.05, 0) is 102 Å². The SMILES string of the molecule is CC(NC(=O)OC(C)(C)C)c1cccc(-c2cc(C=CC3CCCN3C(=O)O)cc(COc3ccccc3CC(=O)OC(C)(C)C)c2)c1F. The number of benzene rings is 3. The summed E-state index contributed by atoms with van der Waals surface area (Å²) >= 11 is 0. The quantitative estimate of drug-likeness (QED) is 0.207. The van der Waals surface area contributed by atoms with Crippen LogP contribution in [-0.4, -0.2) is 52.0 Å². The predicted molar refractivity (Wildman–Crippen MR) is 187 cm³/mol. The highest BCUT2D eigenvalue weighted by Crippen LogP contribution is 2.31. The molecule has 0 saturated carbocycles. The summed E-state index contributed by atoms with van der Waals surface area (Å²) in [6.07, 6.45) is 3.63. The Hall–Kier alpha value is -4.86. The second-order valence-electron chi connectivity index (χ2n) is 14.2. The molecule has 1 aliphatic heterocycles. The van der Waals surface area contributed by atoms with E-state index in [1.165, 1.54) is 4.90 Å². The molecule has 3 aromatic rings. The molecule has 4 rings (SSSR count). The van der Waals surface area contributed by atoms with Crippen LogP contribution in [0.25, 0.3) is 17.2 Å². The zero-order valence-electron chi connectivity index (χ0n) is 29.3. The van der Waals surface area contributed by atoms with Crippen LogP contribution in [0, 0.1) is 5.82 Å². The van der Waals surface area contributed by atoms with Gasteiger partial charge in [0.1, 0.15) is 29.4 Å². The van der Waals surface area contributed by atoms with Crippen molar-refractivity contribution in [1.82, 2.24) is 10.2 Å². The van der Waals surface area contributed by atoms with Crippen LogP contribution in [0.2, 0.25) is 0 Å². The lowest BCUT2D eigenvalue weighted by molar-refractivity contribution is -0.153. The molecule has 0 bridgehead atoms. The van der Waals surface area contributed by atoms with Crippen molar-refractivity contribution >= 4 is 24.2 Å². The Bertz CT molecular complexity index is 1690. The molecule has 2 N–H and O–H groups in total. The average molecular weight is 675 g/mol. The normalized spacial score (nSPS) is 15.6. The lowest BCUT2D eigenvalue weighted by Crippen LogP contribution is -2.34. The van der Waals surface area contributed by atoms with Crippen LogP contribution in [0.1, 0.15) is 89.6 Å². The van der Waals surface area contributed by atoms with Gasteiger partial charge in [0.05, 0.1) is 18.5 Å². The molecule has 10 heteroatoms. The average Bonchev–Trinajstić information content (AvgIpc) is 3.47. The minimum Gasteiger partial charge on any atom is -0.489 e. The number of nitrogens with zero attached hydrogens (tertiary/aromatic N) is 1. The first-order valence-corrected chi connectivity index (χ1v) is 16.5. The van der Waals surface area contributed by atoms with Crippen molar-refractivity contribution in [2.45, 2.75) is 97.6 Å². The summed E-state index contributed by atoms with van der Waals surface area (Å²) in [5.41, 5.74) is 2.02. The third kappa shape index (κ3) is 10.8. The fourth-order valence-electron chi connectivity index (χ4n) is 5.66. The van der Waals surface area contributed by atoms with E-state index in [4.69, 9.17) is 14.2 Å². The first kappa shape index (κ1) is 37.0. The molecule has 3 aromatic carbocycles. The van der Waals surface area contributed by atoms with Crippen molar-refractivity contribution in [2.24, 2.45) is 0 Å². The van der Waals surface area contributed by atoms with Gasteiger partial charge in [0.2, 0.25) is 0 Å². The van der Waals surface area contributed by atoms with Gasteiger partial charge in [0, 0.05) is 23.2 Å². The molecule has 262 valence electrons. The second kappa shape index (κ2) is 15.6. The second-order valence-corrected chi connectivity index (χ2v) is 14.2. The maximum Gasteiger partial charge on any atom is 0.408 e. The number of nitrogens with one attached hydrogen (secondary N) is 1. The molecule has 1 fully saturated rings. The number of amides is 2. The number of carbonyl (C=O) groups excluding carboxylic acids is 2. The Balaban J connectivity index is 1.66. The third-order valence-corrected chi connectivity index (χ3v) is 7.73. The Kier molecular flexibility index (Phi) is 11.7. The number of carboxylic acid groups (broad SMARTS) is 1. The first-order chi connectivity index (χ1) is 23.0. The lowest BCUT2D eigenvalue weighted by atomic mass is 9.95. The van der Waals surface area contributed by atoms with Gasteiger partial charge >= 0.3 is 18.2 Å². The highest BCUT2D eigenvalue weighted by molar-refractivity contribution is 5.74. The number of alkyl carbamates (subject to hydrolysis) is 1. The number of hydrogen-bond acceptors (Lipinski definition) is 6. The zero-order chi connectivity index (χ0) is 35.9. The van der Waals surface area contributed by atoms with E-state index in [-0.39, 0.29) is 25.0 Å². The Morgan fingerprint density at radius 3 is 2.41 bits per heavy atom. The fourth-order valence-corrected chi connectivity index (χ4v) is 5.66. The first-order valence-electron chi connectivity index (χ1n) is 16.5. The summed E-state index contributed by atoms with van der Waals surface area (Å²) < 4.78 is 33.3. The van der Waals surface area contributed by atoms with E-state index in [9.17, 15) is 19.5 Å². The molecule has 2 amide bonds. The van der Waals surface area contributed by atoms with Crippen molar-refractivity contribution in [3.63, 3.8) is 0 Å². The van der Waals surface area contributed by atoms with Crippen molar-refractivity contribution in [3.05, 3.63) is 94.8 Å². The standard InChI is InChI=1S/C39H47FN2O7/c1-25(41-36(44)49-39(5,6)7)31-14-10-15-32(35(31)40)29-21-26(17-18-30-13-11-19-42(30)37(45)46)20-27(22-29)24-47-33-16-9-8-12-28(33)23-34(43)48-38(2,3)4/h8-10,12,14-18,20-22,25,30H,11,13,19,23-24H2,1-7H3,(H,41,44)(H,45,46). The van der Waals surface area contributed by atoms with E-state index in [2.05, 4.69) is 5.32 Å². The molecule has 1 saturated heterocycles. The van der Waals surface area contributed by atoms with E-state index in [0.717, 1.165) is 17.5 Å². The highest BCUT2D eigenvalue weighted by atomic mass is 19.1. The smallest absolute Gasteiger partial charge is 0.408 e. The molecular formula is C39H47FN2O7. The molecule has 0 radical (unpaired) electrons. The Labute approximate surface area is 288 Å². The zero-order valence-corrected chi connectivity index (χ0v) is 29.3. The van der Waals surface area contributed by atoms with E-state index in [1.807, 2.05) is 69.3 Å². The minimum absolute atomic E-state index is 0.0382. The number of ether oxygens (including phenoxy) is 3. The number of likely N-dealkylation sites (tertiary alicyclic amines) is 1. The molecule has 1 heterocycles. The van der Waals surface area contributed by atoms with Crippen LogP contribution in [0.5, 0.6) is 5.75 Å². The summed E-state index contributed by atoms with van der Waals surface area (Å²) in [5, 5.41) is 12.3. The molecule has 0 aliphatic carbocycles. The fraction of sp³-hybridized carbons (Fsp3) is 0.410. The van der Waals surface area contributed by atoms with Gasteiger partial charge in [-0.15, -0.1) is 0 Å². The highest BCUT2D eigenvalue weighted by Gasteiger charge is 2.26. The molecule has 1 aliphatic rings. The number of esters is 1. The largest absolute Gasteiger partial charge is 0.489 e. The summed E-state index contributed by atoms with van der Waals surface area (Å²) in [7, 11) is 0. The summed E-state index contributed by atoms with van der Waals surface area (Å²) in [6, 6.07) is 16.9. The van der Waals surface area contributed by atoms with Gasteiger partial charge in [-0.1, -0.05) is 48.6 Å². The van der Waals surface area contributed by atoms with Crippen LogP contribution in [0.15, 0.2) is 66.7 Å². The summed E-state index contributed by atoms with van der Waals surface area (Å²) in [4.78, 5) is 38.2. The summed E-state index contributed by atoms with van der Waals surface area (Å²) in [5.74, 6) is -0.338. The Morgan fingerprint density at radius 1 is 1.00 bits per heavy atom. The van der Waals surface area contributed by atoms with E-state index >= 15 is 4.39 Å². The van der Waals surface area contributed by atoms with Crippen molar-refractivity contribution in [3.8, 4) is 16.9 Å². The van der Waals surface area contributed by atoms with Crippen molar-refractivity contribution in [2.75, 3.05) is 6.54 Å². The van der Waals surface area contributed by atoms with Crippen LogP contribution >= 0.6 is 0 Å². The molecule has 9 nitrogen and oxygen atoms in total. The van der Waals surface area contributed by atoms with Gasteiger partial charge in [-0.3, -0.25) is 4.79 Å². The molecule has 0 aromatic heterocycles. The van der Waals surface area contributed by atoms with Crippen LogP contribution < -0.4 is 10.1 Å². The Morgan fingerprint density at radius 2 is 1.71 bits per heavy atom. The number of rotatable bonds is 10. The number of hydrogen-bond donors (Lipinski definition) is 2. The van der Waals surface area contributed by atoms with Crippen molar-refractivity contribution in [1.29, 1.82) is 0 Å². The minimum atomic E-state index is -0.965. The molecule has 49 heavy (non-hydrogen) atoms. The summed E-state index contributed by atoms with van der Waals surface area (Å²) in [6.45, 7) is 13.0. The van der Waals surface area contributed by atoms with Crippen LogP contribution in [-0.2, 0) is 27.3 Å². The van der Waals surface area contributed by atoms with E-state index in [1.54, 1.807) is 52.0 Å². The van der Waals surface area contributed by atoms with Crippen LogP contribution in [0.4, 0.5) is 14.0 Å². The van der Waals surface area contributed by atoms with E-state index < -0.39 is 35.2 Å². The van der Waals surface area contributed by atoms with E-state index in [0.29, 0.717) is 41.0 Å². The molecule has 2 unspecified atom stereocenters. The van der Waals surface area contributed by atoms with Crippen LogP contribution in [0.3, 0.4) is 0 Å². The van der Waals surface area contributed by atoms with Gasteiger partial charge in [0.15, 0.2) is 0 Å². The van der Waals surface area contributed by atoms with Crippen molar-refractivity contribution < 1.29 is 38.1 Å². The number of halogens is 1. The molecular weight excluding hydrogens is 627 g/mol. The van der Waals surface area contributed by atoms with Gasteiger partial charge < -0.3 is 29.5 Å². The number of carbonyl (C=O) groups is 3. The third-order valence-electron chi connectivity index (χ3n) is 7.73. The van der Waals surface area contributed by atoms with Gasteiger partial charge in [0.25, 0.3) is 0 Å². The lowest BCUT2D eigenvalue weighted by Gasteiger charge is -2.22.